The van der Waals surface area contributed by atoms with Gasteiger partial charge in [-0.15, -0.1) is 0 Å². The van der Waals surface area contributed by atoms with Crippen LogP contribution in [0.2, 0.25) is 0 Å². The Morgan fingerprint density at radius 3 is 2.81 bits per heavy atom. The van der Waals surface area contributed by atoms with Gasteiger partial charge in [-0.05, 0) is 35.4 Å². The molecule has 1 amide bonds. The van der Waals surface area contributed by atoms with Gasteiger partial charge in [-0.3, -0.25) is 9.69 Å². The monoisotopic (exact) mass is 420 g/mol. The molecule has 160 valence electrons. The van der Waals surface area contributed by atoms with Gasteiger partial charge in [0.2, 0.25) is 5.88 Å². The van der Waals surface area contributed by atoms with Gasteiger partial charge in [0.1, 0.15) is 5.75 Å². The number of aliphatic hydroxyl groups is 1. The Labute approximate surface area is 180 Å². The van der Waals surface area contributed by atoms with Crippen LogP contribution in [0, 0.1) is 0 Å². The lowest BCUT2D eigenvalue weighted by atomic mass is 9.94. The van der Waals surface area contributed by atoms with E-state index in [0.29, 0.717) is 43.2 Å². The number of nitrogens with zero attached hydrogens (tertiary/aromatic N) is 2. The smallest absolute Gasteiger partial charge is 0.260 e. The van der Waals surface area contributed by atoms with Crippen molar-refractivity contribution in [2.45, 2.75) is 25.0 Å². The van der Waals surface area contributed by atoms with Crippen molar-refractivity contribution in [2.24, 2.45) is 0 Å². The van der Waals surface area contributed by atoms with Gasteiger partial charge in [-0.1, -0.05) is 30.3 Å². The molecule has 5 rings (SSSR count). The number of carbonyl (C=O) groups is 1. The van der Waals surface area contributed by atoms with Crippen LogP contribution in [-0.4, -0.2) is 60.1 Å². The highest BCUT2D eigenvalue weighted by Crippen LogP contribution is 2.37. The molecule has 7 nitrogen and oxygen atoms in total. The number of rotatable bonds is 4. The molecular weight excluding hydrogens is 396 g/mol. The van der Waals surface area contributed by atoms with Crippen molar-refractivity contribution in [3.05, 3.63) is 65.4 Å². The Hall–Kier alpha value is -3.16. The summed E-state index contributed by atoms with van der Waals surface area (Å²) in [5, 5.41) is 12.4. The van der Waals surface area contributed by atoms with Crippen molar-refractivity contribution in [2.75, 3.05) is 27.1 Å². The van der Waals surface area contributed by atoms with Crippen LogP contribution in [0.1, 0.15) is 27.9 Å². The topological polar surface area (TPSA) is 81.1 Å². The first kappa shape index (κ1) is 19.8. The third-order valence-electron chi connectivity index (χ3n) is 6.01. The minimum Gasteiger partial charge on any atom is -0.481 e. The Morgan fingerprint density at radius 1 is 1.23 bits per heavy atom. The van der Waals surface area contributed by atoms with E-state index in [-0.39, 0.29) is 12.6 Å². The molecule has 2 aromatic carbocycles. The summed E-state index contributed by atoms with van der Waals surface area (Å²) in [5.74, 6) is 1.02. The van der Waals surface area contributed by atoms with E-state index in [1.807, 2.05) is 42.5 Å². The Balaban J connectivity index is 1.55. The maximum atomic E-state index is 13.4. The molecule has 0 saturated carbocycles. The minimum atomic E-state index is -0.617. The number of methoxy groups -OCH3 is 1. The van der Waals surface area contributed by atoms with Crippen molar-refractivity contribution >= 4 is 16.7 Å². The largest absolute Gasteiger partial charge is 0.481 e. The lowest BCUT2D eigenvalue weighted by Gasteiger charge is -2.39. The van der Waals surface area contributed by atoms with E-state index >= 15 is 0 Å². The zero-order valence-corrected chi connectivity index (χ0v) is 17.3. The molecule has 0 bridgehead atoms. The second-order valence-electron chi connectivity index (χ2n) is 7.89. The van der Waals surface area contributed by atoms with Crippen molar-refractivity contribution < 1.29 is 24.1 Å². The minimum absolute atomic E-state index is 0.0999. The molecule has 0 spiro atoms. The average Bonchev–Trinajstić information content (AvgIpc) is 2.81. The molecular formula is C24H24N2O5. The number of pyridine rings is 1. The number of hydrogen-bond donors (Lipinski definition) is 1. The quantitative estimate of drug-likeness (QED) is 0.699. The average molecular weight is 420 g/mol. The van der Waals surface area contributed by atoms with E-state index in [2.05, 4.69) is 4.98 Å². The molecule has 2 aliphatic rings. The molecule has 0 aliphatic carbocycles. The van der Waals surface area contributed by atoms with Gasteiger partial charge in [-0.25, -0.2) is 4.98 Å². The molecule has 7 heteroatoms. The van der Waals surface area contributed by atoms with Crippen molar-refractivity contribution in [3.63, 3.8) is 0 Å². The highest BCUT2D eigenvalue weighted by atomic mass is 16.5. The molecule has 1 saturated heterocycles. The van der Waals surface area contributed by atoms with Crippen LogP contribution in [0.3, 0.4) is 0 Å². The van der Waals surface area contributed by atoms with Crippen LogP contribution < -0.4 is 9.47 Å². The first-order chi connectivity index (χ1) is 15.2. The predicted octanol–water partition coefficient (Wildman–Crippen LogP) is 2.78. The van der Waals surface area contributed by atoms with E-state index in [9.17, 15) is 9.90 Å². The highest BCUT2D eigenvalue weighted by Gasteiger charge is 2.37. The number of carbonyl (C=O) groups excluding carboxylic acids is 1. The molecule has 0 radical (unpaired) electrons. The normalized spacial score (nSPS) is 21.0. The lowest BCUT2D eigenvalue weighted by Crippen LogP contribution is -2.54. The van der Waals surface area contributed by atoms with Crippen molar-refractivity contribution in [1.29, 1.82) is 0 Å². The molecule has 2 aliphatic heterocycles. The van der Waals surface area contributed by atoms with Crippen LogP contribution in [0.4, 0.5) is 0 Å². The van der Waals surface area contributed by atoms with Gasteiger partial charge in [-0.2, -0.15) is 0 Å². The summed E-state index contributed by atoms with van der Waals surface area (Å²) in [7, 11) is 1.59. The Bertz CT molecular complexity index is 1110. The van der Waals surface area contributed by atoms with Crippen LogP contribution in [0.25, 0.3) is 10.8 Å². The number of fused-ring (bicyclic) bond motifs is 3. The second kappa shape index (κ2) is 8.17. The summed E-state index contributed by atoms with van der Waals surface area (Å²) >= 11 is 0. The summed E-state index contributed by atoms with van der Waals surface area (Å²) in [4.78, 5) is 19.3. The number of aliphatic hydroxyl groups excluding tert-OH is 1. The number of benzene rings is 2. The van der Waals surface area contributed by atoms with Gasteiger partial charge in [0.15, 0.2) is 6.73 Å². The van der Waals surface area contributed by atoms with E-state index in [1.165, 1.54) is 0 Å². The Kier molecular flexibility index (Phi) is 5.21. The molecule has 1 N–H and O–H groups in total. The fraction of sp³-hybridized carbons (Fsp3) is 0.333. The number of hydrogen-bond acceptors (Lipinski definition) is 6. The standard InChI is InChI=1S/C24H24N2O5/c1-29-22-7-6-15(12-25-22)10-16-11-19-23(18-5-3-2-4-17(16)18)31-14-26(24(19)28)20-13-30-9-8-21(20)27/h2-7,11-12,20-21,27H,8-10,13-14H2,1H3/t20-,21-/m0/s1. The molecule has 1 fully saturated rings. The van der Waals surface area contributed by atoms with Gasteiger partial charge < -0.3 is 19.3 Å². The van der Waals surface area contributed by atoms with Gasteiger partial charge in [0.25, 0.3) is 5.91 Å². The molecule has 3 heterocycles. The zero-order valence-electron chi connectivity index (χ0n) is 17.3. The summed E-state index contributed by atoms with van der Waals surface area (Å²) in [6.45, 7) is 0.911. The predicted molar refractivity (Wildman–Crippen MR) is 114 cm³/mol. The molecule has 0 unspecified atom stereocenters. The fourth-order valence-electron chi connectivity index (χ4n) is 4.34. The van der Waals surface area contributed by atoms with Crippen LogP contribution in [-0.2, 0) is 11.2 Å². The lowest BCUT2D eigenvalue weighted by molar-refractivity contribution is -0.0694. The van der Waals surface area contributed by atoms with Gasteiger partial charge >= 0.3 is 0 Å². The molecule has 31 heavy (non-hydrogen) atoms. The fourth-order valence-corrected chi connectivity index (χ4v) is 4.34. The second-order valence-corrected chi connectivity index (χ2v) is 7.89. The SMILES string of the molecule is COc1ccc(Cc2cc3c(c4ccccc24)OCN([C@H]2COCC[C@@H]2O)C3=O)cn1. The molecule has 2 atom stereocenters. The first-order valence-corrected chi connectivity index (χ1v) is 10.4. The van der Waals surface area contributed by atoms with Crippen molar-refractivity contribution in [3.8, 4) is 11.6 Å². The number of aromatic nitrogens is 1. The summed E-state index contributed by atoms with van der Waals surface area (Å²) < 4.78 is 16.7. The molecule has 3 aromatic rings. The summed E-state index contributed by atoms with van der Waals surface area (Å²) in [6, 6.07) is 13.3. The van der Waals surface area contributed by atoms with Gasteiger partial charge in [0.05, 0.1) is 31.4 Å². The van der Waals surface area contributed by atoms with Crippen LogP contribution in [0.5, 0.6) is 11.6 Å². The Morgan fingerprint density at radius 2 is 2.06 bits per heavy atom. The molecule has 1 aromatic heterocycles. The summed E-state index contributed by atoms with van der Waals surface area (Å²) in [5.41, 5.74) is 2.54. The number of amides is 1. The van der Waals surface area contributed by atoms with E-state index in [1.54, 1.807) is 18.2 Å². The third-order valence-corrected chi connectivity index (χ3v) is 6.01. The van der Waals surface area contributed by atoms with E-state index in [0.717, 1.165) is 21.9 Å². The van der Waals surface area contributed by atoms with Crippen LogP contribution >= 0.6 is 0 Å². The number of ether oxygens (including phenoxy) is 3. The maximum Gasteiger partial charge on any atom is 0.260 e. The third kappa shape index (κ3) is 3.60. The van der Waals surface area contributed by atoms with Crippen LogP contribution in [0.15, 0.2) is 48.7 Å². The highest BCUT2D eigenvalue weighted by molar-refractivity contribution is 6.06. The van der Waals surface area contributed by atoms with Gasteiger partial charge in [0, 0.05) is 24.3 Å². The van der Waals surface area contributed by atoms with E-state index in [4.69, 9.17) is 14.2 Å². The first-order valence-electron chi connectivity index (χ1n) is 10.4. The summed E-state index contributed by atoms with van der Waals surface area (Å²) in [6.07, 6.45) is 2.29. The van der Waals surface area contributed by atoms with Crippen molar-refractivity contribution in [1.82, 2.24) is 9.88 Å². The zero-order chi connectivity index (χ0) is 21.4. The van der Waals surface area contributed by atoms with E-state index < -0.39 is 12.1 Å². The maximum absolute atomic E-state index is 13.4.